The number of nitrogens with zero attached hydrogens (tertiary/aromatic N) is 4. The van der Waals surface area contributed by atoms with Crippen LogP contribution >= 0.6 is 0 Å². The molecule has 0 spiro atoms. The Hall–Kier alpha value is -2.71. The summed E-state index contributed by atoms with van der Waals surface area (Å²) in [7, 11) is 0. The number of rotatable bonds is 5. The van der Waals surface area contributed by atoms with Gasteiger partial charge in [-0.25, -0.2) is 4.98 Å². The van der Waals surface area contributed by atoms with E-state index in [-0.39, 0.29) is 5.78 Å². The Morgan fingerprint density at radius 3 is 2.35 bits per heavy atom. The van der Waals surface area contributed by atoms with E-state index in [0.29, 0.717) is 18.0 Å². The number of benzene rings is 1. The minimum atomic E-state index is 0.172. The van der Waals surface area contributed by atoms with Crippen LogP contribution in [0.5, 0.6) is 0 Å². The number of nitriles is 1. The molecule has 2 aromatic rings. The summed E-state index contributed by atoms with van der Waals surface area (Å²) < 4.78 is 0. The minimum Gasteiger partial charge on any atom is -0.354 e. The molecule has 0 aliphatic carbocycles. The molecule has 1 aromatic carbocycles. The number of Topliss-reactive ketones (excluding diaryl/α,β-unsaturated/α-hetero) is 1. The molecule has 1 aliphatic heterocycles. The number of hydrogen-bond acceptors (Lipinski definition) is 5. The smallest absolute Gasteiger partial charge is 0.176 e. The summed E-state index contributed by atoms with van der Waals surface area (Å²) in [5.74, 6) is 1.53. The number of anilines is 1. The van der Waals surface area contributed by atoms with Crippen molar-refractivity contribution in [2.45, 2.75) is 19.8 Å². The normalized spacial score (nSPS) is 15.1. The maximum absolute atomic E-state index is 12.5. The molecule has 1 saturated heterocycles. The maximum atomic E-state index is 12.5. The Bertz CT molecular complexity index is 782. The van der Waals surface area contributed by atoms with E-state index in [9.17, 15) is 4.79 Å². The SMILES string of the molecule is CC(C)c1ccc(C(=O)CN2CCN(c3ccc(C#N)cn3)CC2)cc1. The summed E-state index contributed by atoms with van der Waals surface area (Å²) in [6, 6.07) is 13.7. The van der Waals surface area contributed by atoms with Crippen molar-refractivity contribution in [2.24, 2.45) is 0 Å². The zero-order valence-electron chi connectivity index (χ0n) is 15.4. The largest absolute Gasteiger partial charge is 0.354 e. The van der Waals surface area contributed by atoms with Crippen LogP contribution in [0, 0.1) is 11.3 Å². The highest BCUT2D eigenvalue weighted by Crippen LogP contribution is 2.16. The topological polar surface area (TPSA) is 60.2 Å². The van der Waals surface area contributed by atoms with Crippen molar-refractivity contribution in [1.29, 1.82) is 5.26 Å². The first-order chi connectivity index (χ1) is 12.6. The monoisotopic (exact) mass is 348 g/mol. The lowest BCUT2D eigenvalue weighted by Gasteiger charge is -2.35. The van der Waals surface area contributed by atoms with Gasteiger partial charge in [-0.05, 0) is 23.6 Å². The van der Waals surface area contributed by atoms with Crippen molar-refractivity contribution < 1.29 is 4.79 Å². The number of aromatic nitrogens is 1. The van der Waals surface area contributed by atoms with Crippen molar-refractivity contribution in [2.75, 3.05) is 37.6 Å². The second-order valence-electron chi connectivity index (χ2n) is 6.98. The first-order valence-electron chi connectivity index (χ1n) is 9.03. The van der Waals surface area contributed by atoms with E-state index in [1.165, 1.54) is 5.56 Å². The average Bonchev–Trinajstić information content (AvgIpc) is 2.68. The Morgan fingerprint density at radius 2 is 1.81 bits per heavy atom. The minimum absolute atomic E-state index is 0.172. The van der Waals surface area contributed by atoms with Crippen LogP contribution in [0.1, 0.15) is 41.3 Å². The van der Waals surface area contributed by atoms with E-state index in [1.807, 2.05) is 30.3 Å². The fraction of sp³-hybridized carbons (Fsp3) is 0.381. The van der Waals surface area contributed by atoms with Gasteiger partial charge >= 0.3 is 0 Å². The predicted octanol–water partition coefficient (Wildman–Crippen LogP) is 3.08. The summed E-state index contributed by atoms with van der Waals surface area (Å²) in [6.07, 6.45) is 1.60. The maximum Gasteiger partial charge on any atom is 0.176 e. The van der Waals surface area contributed by atoms with Crippen molar-refractivity contribution in [3.05, 3.63) is 59.3 Å². The van der Waals surface area contributed by atoms with Crippen LogP contribution < -0.4 is 4.90 Å². The molecule has 0 N–H and O–H groups in total. The lowest BCUT2D eigenvalue weighted by Crippen LogP contribution is -2.48. The lowest BCUT2D eigenvalue weighted by molar-refractivity contribution is 0.0926. The van der Waals surface area contributed by atoms with Gasteiger partial charge in [-0.2, -0.15) is 5.26 Å². The summed E-state index contributed by atoms with van der Waals surface area (Å²) in [6.45, 7) is 8.08. The third kappa shape index (κ3) is 4.27. The highest BCUT2D eigenvalue weighted by molar-refractivity contribution is 5.97. The Balaban J connectivity index is 1.53. The summed E-state index contributed by atoms with van der Waals surface area (Å²) in [5, 5.41) is 8.85. The molecule has 5 nitrogen and oxygen atoms in total. The van der Waals surface area contributed by atoms with Crippen molar-refractivity contribution in [3.8, 4) is 6.07 Å². The van der Waals surface area contributed by atoms with E-state index >= 15 is 0 Å². The van der Waals surface area contributed by atoms with Crippen LogP contribution in [0.2, 0.25) is 0 Å². The van der Waals surface area contributed by atoms with E-state index < -0.39 is 0 Å². The van der Waals surface area contributed by atoms with E-state index in [2.05, 4.69) is 34.7 Å². The molecule has 1 aliphatic rings. The van der Waals surface area contributed by atoms with Gasteiger partial charge in [0.05, 0.1) is 12.1 Å². The van der Waals surface area contributed by atoms with E-state index in [4.69, 9.17) is 5.26 Å². The second kappa shape index (κ2) is 8.11. The van der Waals surface area contributed by atoms with Crippen LogP contribution in [0.15, 0.2) is 42.6 Å². The Labute approximate surface area is 154 Å². The number of piperazine rings is 1. The highest BCUT2D eigenvalue weighted by atomic mass is 16.1. The van der Waals surface area contributed by atoms with Crippen molar-refractivity contribution >= 4 is 11.6 Å². The van der Waals surface area contributed by atoms with Crippen LogP contribution in [-0.2, 0) is 0 Å². The van der Waals surface area contributed by atoms with Gasteiger partial charge in [-0.15, -0.1) is 0 Å². The number of carbonyl (C=O) groups excluding carboxylic acids is 1. The zero-order chi connectivity index (χ0) is 18.5. The zero-order valence-corrected chi connectivity index (χ0v) is 15.4. The molecule has 3 rings (SSSR count). The molecule has 1 fully saturated rings. The molecule has 0 atom stereocenters. The van der Waals surface area contributed by atoms with Crippen LogP contribution in [-0.4, -0.2) is 48.4 Å². The highest BCUT2D eigenvalue weighted by Gasteiger charge is 2.20. The van der Waals surface area contributed by atoms with Gasteiger partial charge in [-0.3, -0.25) is 9.69 Å². The van der Waals surface area contributed by atoms with Gasteiger partial charge in [0.2, 0.25) is 0 Å². The fourth-order valence-electron chi connectivity index (χ4n) is 3.12. The van der Waals surface area contributed by atoms with Crippen molar-refractivity contribution in [1.82, 2.24) is 9.88 Å². The van der Waals surface area contributed by atoms with Gasteiger partial charge in [0, 0.05) is 37.9 Å². The second-order valence-corrected chi connectivity index (χ2v) is 6.98. The van der Waals surface area contributed by atoms with Gasteiger partial charge in [0.1, 0.15) is 11.9 Å². The van der Waals surface area contributed by atoms with Gasteiger partial charge in [-0.1, -0.05) is 38.1 Å². The molecule has 134 valence electrons. The molecule has 5 heteroatoms. The van der Waals surface area contributed by atoms with E-state index in [1.54, 1.807) is 12.3 Å². The van der Waals surface area contributed by atoms with Crippen LogP contribution in [0.3, 0.4) is 0 Å². The summed E-state index contributed by atoms with van der Waals surface area (Å²) in [5.41, 5.74) is 2.61. The van der Waals surface area contributed by atoms with Crippen molar-refractivity contribution in [3.63, 3.8) is 0 Å². The molecule has 0 radical (unpaired) electrons. The third-order valence-electron chi connectivity index (χ3n) is 4.84. The fourth-order valence-corrected chi connectivity index (χ4v) is 3.12. The van der Waals surface area contributed by atoms with Crippen LogP contribution in [0.4, 0.5) is 5.82 Å². The molecule has 26 heavy (non-hydrogen) atoms. The summed E-state index contributed by atoms with van der Waals surface area (Å²) >= 11 is 0. The number of carbonyl (C=O) groups is 1. The molecule has 0 amide bonds. The lowest BCUT2D eigenvalue weighted by atomic mass is 10.0. The molecule has 0 unspecified atom stereocenters. The van der Waals surface area contributed by atoms with Crippen LogP contribution in [0.25, 0.3) is 0 Å². The van der Waals surface area contributed by atoms with Gasteiger partial charge in [0.15, 0.2) is 5.78 Å². The van der Waals surface area contributed by atoms with E-state index in [0.717, 1.165) is 37.6 Å². The first kappa shape index (κ1) is 18.1. The molecular weight excluding hydrogens is 324 g/mol. The Morgan fingerprint density at radius 1 is 1.12 bits per heavy atom. The Kier molecular flexibility index (Phi) is 5.65. The quantitative estimate of drug-likeness (QED) is 0.777. The molecule has 2 heterocycles. The third-order valence-corrected chi connectivity index (χ3v) is 4.84. The molecule has 1 aromatic heterocycles. The first-order valence-corrected chi connectivity index (χ1v) is 9.03. The van der Waals surface area contributed by atoms with Gasteiger partial charge < -0.3 is 4.90 Å². The number of ketones is 1. The standard InChI is InChI=1S/C21H24N4O/c1-16(2)18-4-6-19(7-5-18)20(26)15-24-9-11-25(12-10-24)21-8-3-17(13-22)14-23-21/h3-8,14,16H,9-12,15H2,1-2H3. The number of pyridine rings is 1. The summed E-state index contributed by atoms with van der Waals surface area (Å²) in [4.78, 5) is 21.3. The predicted molar refractivity (Wildman–Crippen MR) is 102 cm³/mol. The molecule has 0 bridgehead atoms. The van der Waals surface area contributed by atoms with Gasteiger partial charge in [0.25, 0.3) is 0 Å². The molecule has 0 saturated carbocycles. The number of hydrogen-bond donors (Lipinski definition) is 0. The average molecular weight is 348 g/mol. The molecular formula is C21H24N4O.